The van der Waals surface area contributed by atoms with E-state index in [4.69, 9.17) is 5.73 Å². The molecular weight excluding hydrogens is 462 g/mol. The number of anilines is 2. The molecule has 0 unspecified atom stereocenters. The molecule has 0 saturated heterocycles. The van der Waals surface area contributed by atoms with Crippen LogP contribution in [0.3, 0.4) is 0 Å². The zero-order chi connectivity index (χ0) is 24.7. The third-order valence-corrected chi connectivity index (χ3v) is 4.95. The predicted molar refractivity (Wildman–Crippen MR) is 114 cm³/mol. The molecule has 11 heteroatoms. The smallest absolute Gasteiger partial charge is 0.368 e. The van der Waals surface area contributed by atoms with Crippen LogP contribution < -0.4 is 11.1 Å². The molecule has 1 aromatic heterocycles. The molecule has 4 aromatic rings. The first-order valence-electron chi connectivity index (χ1n) is 9.65. The molecule has 3 aromatic carbocycles. The van der Waals surface area contributed by atoms with Crippen molar-refractivity contribution in [2.75, 3.05) is 11.1 Å². The Balaban J connectivity index is 1.79. The van der Waals surface area contributed by atoms with Crippen LogP contribution in [0.5, 0.6) is 0 Å². The second-order valence-corrected chi connectivity index (χ2v) is 7.26. The summed E-state index contributed by atoms with van der Waals surface area (Å²) < 4.78 is 80.2. The van der Waals surface area contributed by atoms with Crippen LogP contribution in [0, 0.1) is 0 Å². The Morgan fingerprint density at radius 2 is 1.59 bits per heavy atom. The average molecular weight is 476 g/mol. The highest BCUT2D eigenvalue weighted by Crippen LogP contribution is 2.40. The SMILES string of the molecule is Nc1ncc2cccc(-c3cc(NC(=O)c4cccc(C(F)(F)F)c4)ccc3C(F)(F)F)c2n1. The fourth-order valence-electron chi connectivity index (χ4n) is 3.42. The van der Waals surface area contributed by atoms with Crippen molar-refractivity contribution in [3.63, 3.8) is 0 Å². The molecular formula is C23H14F6N4O. The highest BCUT2D eigenvalue weighted by atomic mass is 19.4. The number of nitrogen functional groups attached to an aromatic ring is 1. The number of carbonyl (C=O) groups is 1. The van der Waals surface area contributed by atoms with E-state index < -0.39 is 29.4 Å². The third kappa shape index (κ3) is 4.63. The maximum absolute atomic E-state index is 13.8. The summed E-state index contributed by atoms with van der Waals surface area (Å²) in [5, 5.41) is 2.80. The Kier molecular flexibility index (Phi) is 5.64. The molecule has 0 bridgehead atoms. The highest BCUT2D eigenvalue weighted by molar-refractivity contribution is 6.05. The van der Waals surface area contributed by atoms with Crippen molar-refractivity contribution in [1.82, 2.24) is 9.97 Å². The second kappa shape index (κ2) is 8.32. The summed E-state index contributed by atoms with van der Waals surface area (Å²) in [5.74, 6) is -1.05. The fourth-order valence-corrected chi connectivity index (χ4v) is 3.42. The van der Waals surface area contributed by atoms with Crippen molar-refractivity contribution in [2.24, 2.45) is 0 Å². The van der Waals surface area contributed by atoms with E-state index in [2.05, 4.69) is 15.3 Å². The van der Waals surface area contributed by atoms with E-state index >= 15 is 0 Å². The number of para-hydroxylation sites is 1. The average Bonchev–Trinajstić information content (AvgIpc) is 2.77. The largest absolute Gasteiger partial charge is 0.417 e. The monoisotopic (exact) mass is 476 g/mol. The Hall–Kier alpha value is -4.15. The van der Waals surface area contributed by atoms with E-state index in [-0.39, 0.29) is 33.8 Å². The lowest BCUT2D eigenvalue weighted by Gasteiger charge is -2.16. The molecule has 1 amide bonds. The van der Waals surface area contributed by atoms with Gasteiger partial charge in [-0.1, -0.05) is 24.3 Å². The Bertz CT molecular complexity index is 1400. The molecule has 0 fully saturated rings. The summed E-state index contributed by atoms with van der Waals surface area (Å²) in [6, 6.07) is 11.1. The van der Waals surface area contributed by atoms with Crippen LogP contribution in [0.2, 0.25) is 0 Å². The zero-order valence-corrected chi connectivity index (χ0v) is 17.0. The van der Waals surface area contributed by atoms with Crippen LogP contribution in [0.15, 0.2) is 66.9 Å². The van der Waals surface area contributed by atoms with Crippen molar-refractivity contribution in [1.29, 1.82) is 0 Å². The summed E-state index contributed by atoms with van der Waals surface area (Å²) in [4.78, 5) is 20.4. The maximum Gasteiger partial charge on any atom is 0.417 e. The van der Waals surface area contributed by atoms with Gasteiger partial charge in [-0.05, 0) is 42.0 Å². The molecule has 1 heterocycles. The lowest BCUT2D eigenvalue weighted by molar-refractivity contribution is -0.138. The lowest BCUT2D eigenvalue weighted by Crippen LogP contribution is -2.15. The molecule has 3 N–H and O–H groups in total. The molecule has 0 radical (unpaired) electrons. The van der Waals surface area contributed by atoms with E-state index in [9.17, 15) is 31.1 Å². The maximum atomic E-state index is 13.8. The summed E-state index contributed by atoms with van der Waals surface area (Å²) in [6.45, 7) is 0. The van der Waals surface area contributed by atoms with Crippen LogP contribution in [0.4, 0.5) is 38.0 Å². The lowest BCUT2D eigenvalue weighted by atomic mass is 9.96. The van der Waals surface area contributed by atoms with E-state index in [1.54, 1.807) is 6.07 Å². The van der Waals surface area contributed by atoms with Crippen LogP contribution in [-0.2, 0) is 12.4 Å². The molecule has 5 nitrogen and oxygen atoms in total. The van der Waals surface area contributed by atoms with Gasteiger partial charge in [0.25, 0.3) is 5.91 Å². The predicted octanol–water partition coefficient (Wildman–Crippen LogP) is 6.17. The van der Waals surface area contributed by atoms with Gasteiger partial charge in [-0.15, -0.1) is 0 Å². The number of fused-ring (bicyclic) bond motifs is 1. The number of hydrogen-bond acceptors (Lipinski definition) is 4. The summed E-state index contributed by atoms with van der Waals surface area (Å²) in [7, 11) is 0. The first kappa shape index (κ1) is 23.0. The van der Waals surface area contributed by atoms with Gasteiger partial charge in [-0.25, -0.2) is 9.97 Å². The van der Waals surface area contributed by atoms with Crippen LogP contribution in [0.25, 0.3) is 22.0 Å². The molecule has 0 aliphatic heterocycles. The van der Waals surface area contributed by atoms with Crippen LogP contribution in [-0.4, -0.2) is 15.9 Å². The van der Waals surface area contributed by atoms with E-state index in [0.717, 1.165) is 30.3 Å². The van der Waals surface area contributed by atoms with Crippen molar-refractivity contribution in [2.45, 2.75) is 12.4 Å². The molecule has 4 rings (SSSR count). The molecule has 0 aliphatic rings. The molecule has 0 atom stereocenters. The minimum Gasteiger partial charge on any atom is -0.368 e. The van der Waals surface area contributed by atoms with Crippen molar-refractivity contribution in [3.8, 4) is 11.1 Å². The number of carbonyl (C=O) groups excluding carboxylic acids is 1. The minimum absolute atomic E-state index is 0.0514. The van der Waals surface area contributed by atoms with Gasteiger partial charge in [0, 0.05) is 28.4 Å². The van der Waals surface area contributed by atoms with Gasteiger partial charge in [-0.2, -0.15) is 26.3 Å². The molecule has 34 heavy (non-hydrogen) atoms. The first-order chi connectivity index (χ1) is 15.9. The number of nitrogens with zero attached hydrogens (tertiary/aromatic N) is 2. The second-order valence-electron chi connectivity index (χ2n) is 7.26. The fraction of sp³-hybridized carbons (Fsp3) is 0.0870. The van der Waals surface area contributed by atoms with Gasteiger partial charge >= 0.3 is 12.4 Å². The quantitative estimate of drug-likeness (QED) is 0.347. The van der Waals surface area contributed by atoms with Gasteiger partial charge in [-0.3, -0.25) is 4.79 Å². The number of nitrogens with one attached hydrogen (secondary N) is 1. The molecule has 174 valence electrons. The Labute approximate surface area is 188 Å². The Morgan fingerprint density at radius 3 is 2.29 bits per heavy atom. The molecule has 0 saturated carbocycles. The minimum atomic E-state index is -4.74. The Morgan fingerprint density at radius 1 is 0.853 bits per heavy atom. The molecule has 0 aliphatic carbocycles. The third-order valence-electron chi connectivity index (χ3n) is 4.95. The van der Waals surface area contributed by atoms with E-state index in [0.29, 0.717) is 11.5 Å². The van der Waals surface area contributed by atoms with Gasteiger partial charge in [0.2, 0.25) is 5.95 Å². The number of rotatable bonds is 3. The van der Waals surface area contributed by atoms with E-state index in [1.165, 1.54) is 24.4 Å². The number of amides is 1. The number of nitrogens with two attached hydrogens (primary N) is 1. The highest BCUT2D eigenvalue weighted by Gasteiger charge is 2.34. The number of aromatic nitrogens is 2. The van der Waals surface area contributed by atoms with Gasteiger partial charge in [0.15, 0.2) is 0 Å². The topological polar surface area (TPSA) is 80.9 Å². The van der Waals surface area contributed by atoms with Gasteiger partial charge < -0.3 is 11.1 Å². The van der Waals surface area contributed by atoms with Crippen molar-refractivity contribution >= 4 is 28.4 Å². The zero-order valence-electron chi connectivity index (χ0n) is 17.0. The van der Waals surface area contributed by atoms with Gasteiger partial charge in [0.1, 0.15) is 0 Å². The van der Waals surface area contributed by atoms with Crippen molar-refractivity contribution in [3.05, 3.63) is 83.6 Å². The normalized spacial score (nSPS) is 12.1. The number of hydrogen-bond donors (Lipinski definition) is 2. The number of alkyl halides is 6. The van der Waals surface area contributed by atoms with E-state index in [1.807, 2.05) is 0 Å². The van der Waals surface area contributed by atoms with Gasteiger partial charge in [0.05, 0.1) is 16.6 Å². The number of benzene rings is 3. The summed E-state index contributed by atoms with van der Waals surface area (Å²) >= 11 is 0. The first-order valence-corrected chi connectivity index (χ1v) is 9.65. The standard InChI is InChI=1S/C23H14F6N4O/c24-22(25,26)14-5-1-3-12(9-14)20(34)32-15-7-8-18(23(27,28)29)17(10-15)16-6-2-4-13-11-31-21(30)33-19(13)16/h1-11H,(H,32,34)(H2,30,31,33). The van der Waals surface area contributed by atoms with Crippen molar-refractivity contribution < 1.29 is 31.1 Å². The van der Waals surface area contributed by atoms with Crippen LogP contribution in [0.1, 0.15) is 21.5 Å². The summed E-state index contributed by atoms with van der Waals surface area (Å²) in [6.07, 6.45) is -8.02. The number of halogens is 6. The summed E-state index contributed by atoms with van der Waals surface area (Å²) in [5.41, 5.74) is 3.21. The molecule has 0 spiro atoms. The van der Waals surface area contributed by atoms with Crippen LogP contribution >= 0.6 is 0 Å².